The van der Waals surface area contributed by atoms with Gasteiger partial charge in [0.1, 0.15) is 11.6 Å². The Morgan fingerprint density at radius 1 is 1.33 bits per heavy atom. The second-order valence-electron chi connectivity index (χ2n) is 6.29. The Kier molecular flexibility index (Phi) is 4.05. The van der Waals surface area contributed by atoms with Crippen LogP contribution in [0.3, 0.4) is 0 Å². The van der Waals surface area contributed by atoms with Gasteiger partial charge in [-0.2, -0.15) is 4.99 Å². The Labute approximate surface area is 143 Å². The van der Waals surface area contributed by atoms with Gasteiger partial charge in [-0.05, 0) is 49.4 Å². The highest BCUT2D eigenvalue weighted by molar-refractivity contribution is 8.18. The number of phenolic OH excluding ortho intramolecular Hbond substituents is 1. The van der Waals surface area contributed by atoms with Crippen molar-refractivity contribution in [1.29, 1.82) is 0 Å². The summed E-state index contributed by atoms with van der Waals surface area (Å²) in [5, 5.41) is 10.5. The lowest BCUT2D eigenvalue weighted by Gasteiger charge is -2.38. The molecule has 5 nitrogen and oxygen atoms in total. The summed E-state index contributed by atoms with van der Waals surface area (Å²) in [6, 6.07) is 4.32. The van der Waals surface area contributed by atoms with E-state index in [-0.39, 0.29) is 11.7 Å². The van der Waals surface area contributed by atoms with Gasteiger partial charge in [0.15, 0.2) is 5.17 Å². The maximum atomic E-state index is 13.1. The van der Waals surface area contributed by atoms with Gasteiger partial charge in [0.2, 0.25) is 0 Å². The molecule has 1 aromatic rings. The molecule has 0 bridgehead atoms. The monoisotopic (exact) mass is 347 g/mol. The highest BCUT2D eigenvalue weighted by Gasteiger charge is 2.34. The van der Waals surface area contributed by atoms with Crippen LogP contribution in [0.5, 0.6) is 5.75 Å². The quantitative estimate of drug-likeness (QED) is 0.790. The van der Waals surface area contributed by atoms with Crippen molar-refractivity contribution >= 4 is 28.9 Å². The first-order valence-electron chi connectivity index (χ1n) is 8.10. The number of benzene rings is 1. The number of amides is 1. The molecule has 0 aliphatic carbocycles. The molecule has 24 heavy (non-hydrogen) atoms. The molecule has 3 aliphatic rings. The summed E-state index contributed by atoms with van der Waals surface area (Å²) in [6.45, 7) is 3.97. The van der Waals surface area contributed by atoms with Gasteiger partial charge in [0, 0.05) is 37.3 Å². The molecule has 3 heterocycles. The third-order valence-electron chi connectivity index (χ3n) is 4.75. The van der Waals surface area contributed by atoms with Crippen LogP contribution < -0.4 is 0 Å². The Morgan fingerprint density at radius 2 is 2.21 bits per heavy atom. The van der Waals surface area contributed by atoms with E-state index in [1.807, 2.05) is 0 Å². The van der Waals surface area contributed by atoms with E-state index in [0.29, 0.717) is 16.5 Å². The number of hydrogen-bond acceptors (Lipinski definition) is 5. The molecule has 2 saturated heterocycles. The number of amidine groups is 1. The lowest BCUT2D eigenvalue weighted by molar-refractivity contribution is -0.113. The van der Waals surface area contributed by atoms with Crippen molar-refractivity contribution < 1.29 is 14.3 Å². The normalized spacial score (nSPS) is 26.1. The Hall–Kier alpha value is -1.86. The molecule has 0 radical (unpaired) electrons. The van der Waals surface area contributed by atoms with Crippen molar-refractivity contribution in [2.24, 2.45) is 4.99 Å². The molecule has 0 aromatic heterocycles. The minimum absolute atomic E-state index is 0.177. The number of thioether (sulfide) groups is 1. The number of carbonyl (C=O) groups is 1. The average Bonchev–Trinajstić information content (AvgIpc) is 3.16. The van der Waals surface area contributed by atoms with E-state index < -0.39 is 5.82 Å². The van der Waals surface area contributed by atoms with Crippen LogP contribution in [-0.2, 0) is 4.79 Å². The summed E-state index contributed by atoms with van der Waals surface area (Å²) in [5.74, 6) is -0.983. The Morgan fingerprint density at radius 3 is 3.04 bits per heavy atom. The minimum atomic E-state index is -0.508. The van der Waals surface area contributed by atoms with Crippen LogP contribution in [0.25, 0.3) is 6.08 Å². The molecule has 4 rings (SSSR count). The van der Waals surface area contributed by atoms with E-state index in [2.05, 4.69) is 14.8 Å². The van der Waals surface area contributed by atoms with Gasteiger partial charge in [-0.3, -0.25) is 9.69 Å². The van der Waals surface area contributed by atoms with Gasteiger partial charge >= 0.3 is 0 Å². The zero-order valence-electron chi connectivity index (χ0n) is 13.1. The lowest BCUT2D eigenvalue weighted by atomic mass is 10.2. The van der Waals surface area contributed by atoms with Crippen LogP contribution >= 0.6 is 11.8 Å². The molecule has 1 aromatic carbocycles. The summed E-state index contributed by atoms with van der Waals surface area (Å²) in [4.78, 5) is 21.5. The van der Waals surface area contributed by atoms with E-state index in [0.717, 1.165) is 30.9 Å². The average molecular weight is 347 g/mol. The van der Waals surface area contributed by atoms with Crippen molar-refractivity contribution in [2.45, 2.75) is 18.9 Å². The predicted octanol–water partition coefficient (Wildman–Crippen LogP) is 2.28. The van der Waals surface area contributed by atoms with E-state index >= 15 is 0 Å². The van der Waals surface area contributed by atoms with Crippen LogP contribution in [0.4, 0.5) is 4.39 Å². The minimum Gasteiger partial charge on any atom is -0.507 e. The number of fused-ring (bicyclic) bond motifs is 1. The van der Waals surface area contributed by atoms with E-state index in [4.69, 9.17) is 0 Å². The fourth-order valence-corrected chi connectivity index (χ4v) is 4.42. The van der Waals surface area contributed by atoms with Gasteiger partial charge in [-0.25, -0.2) is 4.39 Å². The molecular weight excluding hydrogens is 329 g/mol. The van der Waals surface area contributed by atoms with Crippen LogP contribution in [0.2, 0.25) is 0 Å². The summed E-state index contributed by atoms with van der Waals surface area (Å²) >= 11 is 1.33. The van der Waals surface area contributed by atoms with E-state index in [1.165, 1.54) is 43.3 Å². The number of halogens is 1. The number of nitrogens with zero attached hydrogens (tertiary/aromatic N) is 3. The zero-order chi connectivity index (χ0) is 16.7. The van der Waals surface area contributed by atoms with Crippen LogP contribution in [0.15, 0.2) is 28.1 Å². The molecule has 3 aliphatic heterocycles. The third kappa shape index (κ3) is 2.93. The third-order valence-corrected chi connectivity index (χ3v) is 5.79. The first-order chi connectivity index (χ1) is 11.6. The first kappa shape index (κ1) is 15.7. The lowest BCUT2D eigenvalue weighted by Crippen LogP contribution is -2.51. The van der Waals surface area contributed by atoms with Gasteiger partial charge in [0.25, 0.3) is 5.91 Å². The largest absolute Gasteiger partial charge is 0.507 e. The molecule has 0 saturated carbocycles. The summed E-state index contributed by atoms with van der Waals surface area (Å²) < 4.78 is 13.1. The fourth-order valence-electron chi connectivity index (χ4n) is 3.48. The predicted molar refractivity (Wildman–Crippen MR) is 92.2 cm³/mol. The van der Waals surface area contributed by atoms with E-state index in [9.17, 15) is 14.3 Å². The maximum Gasteiger partial charge on any atom is 0.286 e. The fraction of sp³-hybridized carbons (Fsp3) is 0.412. The number of piperazine rings is 1. The van der Waals surface area contributed by atoms with Gasteiger partial charge in [-0.15, -0.1) is 0 Å². The van der Waals surface area contributed by atoms with E-state index in [1.54, 1.807) is 6.08 Å². The standard InChI is InChI=1S/C17H18FN3O2S/c18-12-4-3-11(14(22)9-12)8-15-16(23)19-17(24-15)21-7-6-20-5-1-2-13(20)10-21/h3-4,8-9,13,22H,1-2,5-7,10H2/t13-/m1/s1. The van der Waals surface area contributed by atoms with Crippen LogP contribution in [-0.4, -0.2) is 58.2 Å². The van der Waals surface area contributed by atoms with Gasteiger partial charge in [0.05, 0.1) is 4.91 Å². The number of phenols is 1. The Balaban J connectivity index is 1.50. The van der Waals surface area contributed by atoms with Crippen molar-refractivity contribution in [3.63, 3.8) is 0 Å². The molecule has 2 fully saturated rings. The van der Waals surface area contributed by atoms with Crippen LogP contribution in [0.1, 0.15) is 18.4 Å². The molecule has 126 valence electrons. The number of aromatic hydroxyl groups is 1. The second-order valence-corrected chi connectivity index (χ2v) is 7.30. The maximum absolute atomic E-state index is 13.1. The second kappa shape index (κ2) is 6.22. The number of rotatable bonds is 1. The van der Waals surface area contributed by atoms with Gasteiger partial charge in [-0.1, -0.05) is 0 Å². The van der Waals surface area contributed by atoms with Gasteiger partial charge < -0.3 is 10.0 Å². The van der Waals surface area contributed by atoms with Crippen molar-refractivity contribution in [3.05, 3.63) is 34.5 Å². The molecule has 1 N–H and O–H groups in total. The number of aliphatic imine (C=N–C) groups is 1. The smallest absolute Gasteiger partial charge is 0.286 e. The summed E-state index contributed by atoms with van der Waals surface area (Å²) in [7, 11) is 0. The summed E-state index contributed by atoms with van der Waals surface area (Å²) in [5.41, 5.74) is 0.421. The highest BCUT2D eigenvalue weighted by Crippen LogP contribution is 2.33. The van der Waals surface area contributed by atoms with Crippen molar-refractivity contribution in [3.8, 4) is 5.75 Å². The Bertz CT molecular complexity index is 749. The molecule has 1 amide bonds. The number of carbonyl (C=O) groups excluding carboxylic acids is 1. The SMILES string of the molecule is O=C1N=C(N2CCN3CCC[C@@H]3C2)SC1=Cc1ccc(F)cc1O. The molecule has 0 unspecified atom stereocenters. The molecular formula is C17H18FN3O2S. The zero-order valence-corrected chi connectivity index (χ0v) is 13.9. The number of hydrogen-bond donors (Lipinski definition) is 1. The topological polar surface area (TPSA) is 56.1 Å². The van der Waals surface area contributed by atoms with Crippen molar-refractivity contribution in [2.75, 3.05) is 26.2 Å². The van der Waals surface area contributed by atoms with Crippen LogP contribution in [0, 0.1) is 5.82 Å². The highest BCUT2D eigenvalue weighted by atomic mass is 32.2. The summed E-state index contributed by atoms with van der Waals surface area (Å²) in [6.07, 6.45) is 4.02. The van der Waals surface area contributed by atoms with Crippen molar-refractivity contribution in [1.82, 2.24) is 9.80 Å². The molecule has 0 spiro atoms. The molecule has 1 atom stereocenters. The molecule has 7 heteroatoms. The first-order valence-corrected chi connectivity index (χ1v) is 8.92.